The molecule has 182 valence electrons. The van der Waals surface area contributed by atoms with Gasteiger partial charge in [-0.1, -0.05) is 51.5 Å². The van der Waals surface area contributed by atoms with Crippen molar-refractivity contribution >= 4 is 45.0 Å². The van der Waals surface area contributed by atoms with Crippen LogP contribution in [0.5, 0.6) is 0 Å². The van der Waals surface area contributed by atoms with Crippen LogP contribution in [0.25, 0.3) is 6.08 Å². The van der Waals surface area contributed by atoms with Crippen molar-refractivity contribution in [1.29, 1.82) is 0 Å². The fourth-order valence-electron chi connectivity index (χ4n) is 4.27. The average molecular weight is 555 g/mol. The third-order valence-corrected chi connectivity index (χ3v) is 7.53. The molecule has 0 saturated carbocycles. The summed E-state index contributed by atoms with van der Waals surface area (Å²) in [6.07, 6.45) is 1.89. The first-order valence-electron chi connectivity index (χ1n) is 11.7. The predicted molar refractivity (Wildman–Crippen MR) is 145 cm³/mol. The number of carbonyl (C=O) groups excluding carboxylic acids is 1. The summed E-state index contributed by atoms with van der Waals surface area (Å²) in [6.45, 7) is 9.94. The van der Waals surface area contributed by atoms with Crippen molar-refractivity contribution in [2.45, 2.75) is 33.7 Å². The number of rotatable bonds is 7. The zero-order chi connectivity index (χ0) is 25.1. The molecule has 4 rings (SSSR count). The van der Waals surface area contributed by atoms with Crippen LogP contribution >= 0.6 is 27.3 Å². The van der Waals surface area contributed by atoms with Gasteiger partial charge in [-0.2, -0.15) is 0 Å². The maximum atomic E-state index is 13.7. The van der Waals surface area contributed by atoms with Crippen molar-refractivity contribution in [3.63, 3.8) is 0 Å². The van der Waals surface area contributed by atoms with Gasteiger partial charge in [-0.05, 0) is 69.2 Å². The van der Waals surface area contributed by atoms with Gasteiger partial charge in [-0.25, -0.2) is 9.79 Å². The van der Waals surface area contributed by atoms with E-state index in [4.69, 9.17) is 4.74 Å². The second-order valence-electron chi connectivity index (χ2n) is 8.12. The monoisotopic (exact) mass is 553 g/mol. The second-order valence-corrected chi connectivity index (χ2v) is 10.0. The summed E-state index contributed by atoms with van der Waals surface area (Å²) in [4.78, 5) is 34.1. The summed E-state index contributed by atoms with van der Waals surface area (Å²) < 4.78 is 8.44. The lowest BCUT2D eigenvalue weighted by Gasteiger charge is -2.24. The lowest BCUT2D eigenvalue weighted by molar-refractivity contribution is -0.139. The number of thiazole rings is 1. The van der Waals surface area contributed by atoms with E-state index in [0.717, 1.165) is 34.4 Å². The minimum atomic E-state index is -0.606. The van der Waals surface area contributed by atoms with Crippen LogP contribution in [0.4, 0.5) is 5.69 Å². The van der Waals surface area contributed by atoms with E-state index in [-0.39, 0.29) is 12.2 Å². The van der Waals surface area contributed by atoms with E-state index < -0.39 is 12.0 Å². The van der Waals surface area contributed by atoms with Crippen molar-refractivity contribution in [1.82, 2.24) is 4.57 Å². The lowest BCUT2D eigenvalue weighted by Crippen LogP contribution is -2.39. The fourth-order valence-corrected chi connectivity index (χ4v) is 5.58. The SMILES string of the molecule is CCOC(=O)C1=C(C)N=c2s/c(=C\c3ccc(N(CC)CC)cc3)c(=O)n2C1c1ccc(Br)cc1. The maximum Gasteiger partial charge on any atom is 0.338 e. The zero-order valence-corrected chi connectivity index (χ0v) is 22.6. The topological polar surface area (TPSA) is 63.9 Å². The van der Waals surface area contributed by atoms with Gasteiger partial charge in [0.05, 0.1) is 28.5 Å². The molecule has 2 aromatic carbocycles. The number of hydrogen-bond acceptors (Lipinski definition) is 6. The van der Waals surface area contributed by atoms with Gasteiger partial charge in [0, 0.05) is 23.2 Å². The molecule has 0 radical (unpaired) electrons. The molecule has 3 aromatic rings. The van der Waals surface area contributed by atoms with Crippen molar-refractivity contribution in [3.8, 4) is 0 Å². The number of hydrogen-bond donors (Lipinski definition) is 0. The number of aromatic nitrogens is 1. The number of fused-ring (bicyclic) bond motifs is 1. The van der Waals surface area contributed by atoms with Crippen LogP contribution < -0.4 is 19.8 Å². The van der Waals surface area contributed by atoms with E-state index in [2.05, 4.69) is 51.8 Å². The molecule has 1 unspecified atom stereocenters. The summed E-state index contributed by atoms with van der Waals surface area (Å²) in [5.41, 5.74) is 3.68. The number of nitrogens with zero attached hydrogens (tertiary/aromatic N) is 3. The number of allylic oxidation sites excluding steroid dienone is 1. The third kappa shape index (κ3) is 5.04. The Morgan fingerprint density at radius 1 is 1.11 bits per heavy atom. The summed E-state index contributed by atoms with van der Waals surface area (Å²) in [7, 11) is 0. The van der Waals surface area contributed by atoms with Crippen molar-refractivity contribution in [2.24, 2.45) is 4.99 Å². The van der Waals surface area contributed by atoms with Gasteiger partial charge in [0.2, 0.25) is 0 Å². The lowest BCUT2D eigenvalue weighted by atomic mass is 9.96. The molecule has 1 aliphatic heterocycles. The molecule has 0 saturated heterocycles. The van der Waals surface area contributed by atoms with Gasteiger partial charge in [-0.3, -0.25) is 9.36 Å². The largest absolute Gasteiger partial charge is 0.463 e. The molecule has 2 heterocycles. The molecule has 1 aromatic heterocycles. The minimum absolute atomic E-state index is 0.177. The standard InChI is InChI=1S/C27H28BrN3O3S/c1-5-30(6-2)21-14-8-18(9-15-21)16-22-25(32)31-24(19-10-12-20(28)13-11-19)23(26(33)34-7-3)17(4)29-27(31)35-22/h8-16,24H,5-7H2,1-4H3/b22-16-. The van der Waals surface area contributed by atoms with E-state index in [1.807, 2.05) is 42.5 Å². The van der Waals surface area contributed by atoms with Crippen LogP contribution in [0.2, 0.25) is 0 Å². The van der Waals surface area contributed by atoms with Crippen LogP contribution in [0, 0.1) is 0 Å². The molecule has 1 aliphatic rings. The first-order valence-corrected chi connectivity index (χ1v) is 13.3. The van der Waals surface area contributed by atoms with E-state index in [0.29, 0.717) is 20.6 Å². The number of carbonyl (C=O) groups is 1. The summed E-state index contributed by atoms with van der Waals surface area (Å²) in [5, 5.41) is 0. The Bertz CT molecular complexity index is 1430. The Labute approximate surface area is 217 Å². The van der Waals surface area contributed by atoms with E-state index in [9.17, 15) is 9.59 Å². The van der Waals surface area contributed by atoms with Gasteiger partial charge in [0.1, 0.15) is 0 Å². The van der Waals surface area contributed by atoms with E-state index in [1.165, 1.54) is 11.3 Å². The number of benzene rings is 2. The van der Waals surface area contributed by atoms with Crippen molar-refractivity contribution < 1.29 is 9.53 Å². The minimum Gasteiger partial charge on any atom is -0.463 e. The van der Waals surface area contributed by atoms with Gasteiger partial charge in [0.15, 0.2) is 4.80 Å². The Kier molecular flexibility index (Phi) is 7.72. The smallest absolute Gasteiger partial charge is 0.338 e. The number of esters is 1. The van der Waals surface area contributed by atoms with Crippen LogP contribution in [-0.2, 0) is 9.53 Å². The molecule has 1 atom stereocenters. The van der Waals surface area contributed by atoms with Gasteiger partial charge in [0.25, 0.3) is 5.56 Å². The zero-order valence-electron chi connectivity index (χ0n) is 20.2. The molecular formula is C27H28BrN3O3S. The molecule has 6 nitrogen and oxygen atoms in total. The van der Waals surface area contributed by atoms with Gasteiger partial charge >= 0.3 is 5.97 Å². The number of ether oxygens (including phenoxy) is 1. The van der Waals surface area contributed by atoms with Crippen LogP contribution in [-0.4, -0.2) is 30.2 Å². The fraction of sp³-hybridized carbons (Fsp3) is 0.296. The number of anilines is 1. The molecule has 0 fully saturated rings. The molecule has 0 spiro atoms. The van der Waals surface area contributed by atoms with Crippen LogP contribution in [0.15, 0.2) is 74.1 Å². The van der Waals surface area contributed by atoms with Crippen molar-refractivity contribution in [2.75, 3.05) is 24.6 Å². The molecule has 8 heteroatoms. The molecular weight excluding hydrogens is 526 g/mol. The Hall–Kier alpha value is -2.97. The maximum absolute atomic E-state index is 13.7. The highest BCUT2D eigenvalue weighted by Crippen LogP contribution is 2.31. The predicted octanol–water partition coefficient (Wildman–Crippen LogP) is 4.41. The Morgan fingerprint density at radius 3 is 2.37 bits per heavy atom. The summed E-state index contributed by atoms with van der Waals surface area (Å²) >= 11 is 4.79. The molecule has 0 amide bonds. The van der Waals surface area contributed by atoms with Gasteiger partial charge < -0.3 is 9.64 Å². The third-order valence-electron chi connectivity index (χ3n) is 6.02. The first kappa shape index (κ1) is 25.1. The van der Waals surface area contributed by atoms with Gasteiger partial charge in [-0.15, -0.1) is 0 Å². The van der Waals surface area contributed by atoms with Crippen LogP contribution in [0.1, 0.15) is 44.9 Å². The average Bonchev–Trinajstić information content (AvgIpc) is 3.15. The van der Waals surface area contributed by atoms with E-state index >= 15 is 0 Å². The first-order chi connectivity index (χ1) is 16.9. The highest BCUT2D eigenvalue weighted by atomic mass is 79.9. The molecule has 0 N–H and O–H groups in total. The second kappa shape index (κ2) is 10.7. The van der Waals surface area contributed by atoms with Crippen molar-refractivity contribution in [3.05, 3.63) is 95.1 Å². The molecule has 0 aliphatic carbocycles. The van der Waals surface area contributed by atoms with E-state index in [1.54, 1.807) is 18.4 Å². The normalized spacial score (nSPS) is 15.6. The Morgan fingerprint density at radius 2 is 1.77 bits per heavy atom. The quantitative estimate of drug-likeness (QED) is 0.406. The summed E-state index contributed by atoms with van der Waals surface area (Å²) in [5.74, 6) is -0.456. The highest BCUT2D eigenvalue weighted by Gasteiger charge is 2.33. The van der Waals surface area contributed by atoms with Crippen LogP contribution in [0.3, 0.4) is 0 Å². The molecule has 0 bridgehead atoms. The molecule has 35 heavy (non-hydrogen) atoms. The Balaban J connectivity index is 1.85. The highest BCUT2D eigenvalue weighted by molar-refractivity contribution is 9.10. The summed E-state index contributed by atoms with van der Waals surface area (Å²) in [6, 6.07) is 15.2. The number of halogens is 1.